The van der Waals surface area contributed by atoms with Crippen molar-refractivity contribution in [1.82, 2.24) is 9.55 Å². The Kier molecular flexibility index (Phi) is 5.31. The molecule has 0 saturated heterocycles. The summed E-state index contributed by atoms with van der Waals surface area (Å²) in [5.74, 6) is -0.468. The summed E-state index contributed by atoms with van der Waals surface area (Å²) in [6.07, 6.45) is 2.58. The highest BCUT2D eigenvalue weighted by atomic mass is 16.2. The zero-order valence-corrected chi connectivity index (χ0v) is 16.6. The second kappa shape index (κ2) is 8.21. The van der Waals surface area contributed by atoms with Crippen molar-refractivity contribution >= 4 is 23.2 Å². The third kappa shape index (κ3) is 3.94. The monoisotopic (exact) mass is 399 g/mol. The summed E-state index contributed by atoms with van der Waals surface area (Å²) in [7, 11) is 0. The lowest BCUT2D eigenvalue weighted by Gasteiger charge is -2.17. The van der Waals surface area contributed by atoms with Crippen molar-refractivity contribution in [2.75, 3.05) is 10.6 Å². The summed E-state index contributed by atoms with van der Waals surface area (Å²) >= 11 is 0. The molecule has 30 heavy (non-hydrogen) atoms. The van der Waals surface area contributed by atoms with Gasteiger partial charge in [0, 0.05) is 17.9 Å². The summed E-state index contributed by atoms with van der Waals surface area (Å²) in [4.78, 5) is 30.2. The number of carbonyl (C=O) groups excluding carboxylic acids is 2. The normalized spacial score (nSPS) is 12.5. The minimum Gasteiger partial charge on any atom is -0.323 e. The van der Waals surface area contributed by atoms with Gasteiger partial charge in [-0.1, -0.05) is 12.1 Å². The van der Waals surface area contributed by atoms with Crippen LogP contribution in [0, 0.1) is 18.3 Å². The lowest BCUT2D eigenvalue weighted by atomic mass is 10.1. The van der Waals surface area contributed by atoms with Gasteiger partial charge in [0.25, 0.3) is 11.8 Å². The Hall–Kier alpha value is -3.92. The number of aryl methyl sites for hydroxylation is 1. The van der Waals surface area contributed by atoms with Crippen LogP contribution >= 0.6 is 0 Å². The van der Waals surface area contributed by atoms with E-state index in [1.165, 1.54) is 0 Å². The summed E-state index contributed by atoms with van der Waals surface area (Å²) < 4.78 is 1.84. The summed E-state index contributed by atoms with van der Waals surface area (Å²) in [6, 6.07) is 16.2. The first-order valence-electron chi connectivity index (χ1n) is 9.84. The van der Waals surface area contributed by atoms with Crippen molar-refractivity contribution in [3.8, 4) is 6.07 Å². The lowest BCUT2D eigenvalue weighted by molar-refractivity contribution is 0.101. The highest BCUT2D eigenvalue weighted by molar-refractivity contribution is 6.07. The molecule has 7 nitrogen and oxygen atoms in total. The van der Waals surface area contributed by atoms with E-state index in [-0.39, 0.29) is 17.6 Å². The molecule has 3 aromatic rings. The van der Waals surface area contributed by atoms with Crippen molar-refractivity contribution < 1.29 is 9.59 Å². The lowest BCUT2D eigenvalue weighted by Crippen LogP contribution is -2.21. The second-order valence-electron chi connectivity index (χ2n) is 7.31. The molecule has 1 aliphatic heterocycles. The second-order valence-corrected chi connectivity index (χ2v) is 7.31. The van der Waals surface area contributed by atoms with Crippen molar-refractivity contribution in [1.29, 1.82) is 5.26 Å². The average molecular weight is 399 g/mol. The number of anilines is 2. The van der Waals surface area contributed by atoms with Crippen LogP contribution in [0.1, 0.15) is 50.8 Å². The number of amides is 2. The number of aromatic nitrogens is 2. The molecule has 1 aliphatic rings. The van der Waals surface area contributed by atoms with E-state index in [2.05, 4.69) is 15.6 Å². The molecule has 7 heteroatoms. The van der Waals surface area contributed by atoms with E-state index in [0.717, 1.165) is 24.1 Å². The minimum absolute atomic E-state index is 0.225. The number of hydrogen-bond acceptors (Lipinski definition) is 4. The zero-order chi connectivity index (χ0) is 21.1. The fourth-order valence-electron chi connectivity index (χ4n) is 3.63. The minimum atomic E-state index is -0.377. The standard InChI is InChI=1S/C23H21N5O2/c1-15-5-4-6-18(13-15)26-22(29)20-19-7-2-3-12-28(19)21(27-20)23(30)25-17-10-8-16(14-24)9-11-17/h4-6,8-11,13H,2-3,7,12H2,1H3,(H,25,30)(H,26,29). The summed E-state index contributed by atoms with van der Waals surface area (Å²) in [5, 5.41) is 14.6. The molecule has 2 amide bonds. The maximum atomic E-state index is 12.9. The van der Waals surface area contributed by atoms with Gasteiger partial charge in [-0.2, -0.15) is 5.26 Å². The molecular weight excluding hydrogens is 378 g/mol. The molecule has 2 heterocycles. The van der Waals surface area contributed by atoms with Gasteiger partial charge in [-0.3, -0.25) is 9.59 Å². The van der Waals surface area contributed by atoms with Gasteiger partial charge in [0.05, 0.1) is 17.3 Å². The van der Waals surface area contributed by atoms with Gasteiger partial charge in [-0.15, -0.1) is 0 Å². The van der Waals surface area contributed by atoms with Crippen molar-refractivity contribution in [2.24, 2.45) is 0 Å². The van der Waals surface area contributed by atoms with E-state index in [1.54, 1.807) is 24.3 Å². The van der Waals surface area contributed by atoms with E-state index in [1.807, 2.05) is 41.8 Å². The molecular formula is C23H21N5O2. The van der Waals surface area contributed by atoms with Gasteiger partial charge in [0.1, 0.15) is 0 Å². The number of nitriles is 1. The van der Waals surface area contributed by atoms with Crippen LogP contribution in [0.2, 0.25) is 0 Å². The largest absolute Gasteiger partial charge is 0.323 e. The van der Waals surface area contributed by atoms with Gasteiger partial charge in [-0.05, 0) is 68.1 Å². The van der Waals surface area contributed by atoms with E-state index >= 15 is 0 Å². The Morgan fingerprint density at radius 3 is 2.53 bits per heavy atom. The molecule has 0 fully saturated rings. The molecule has 1 aromatic heterocycles. The van der Waals surface area contributed by atoms with Gasteiger partial charge in [-0.25, -0.2) is 4.98 Å². The molecule has 0 spiro atoms. The predicted molar refractivity (Wildman–Crippen MR) is 113 cm³/mol. The average Bonchev–Trinajstić information content (AvgIpc) is 3.14. The molecule has 2 N–H and O–H groups in total. The molecule has 0 atom stereocenters. The predicted octanol–water partition coefficient (Wildman–Crippen LogP) is 3.90. The Bertz CT molecular complexity index is 1160. The topological polar surface area (TPSA) is 99.8 Å². The molecule has 0 radical (unpaired) electrons. The first-order valence-corrected chi connectivity index (χ1v) is 9.84. The smallest absolute Gasteiger partial charge is 0.291 e. The van der Waals surface area contributed by atoms with Crippen LogP contribution in [0.15, 0.2) is 48.5 Å². The fraction of sp³-hybridized carbons (Fsp3) is 0.217. The number of nitrogens with one attached hydrogen (secondary N) is 2. The van der Waals surface area contributed by atoms with Crippen LogP contribution in [-0.4, -0.2) is 21.4 Å². The van der Waals surface area contributed by atoms with Crippen LogP contribution in [0.4, 0.5) is 11.4 Å². The summed E-state index contributed by atoms with van der Waals surface area (Å²) in [6.45, 7) is 2.61. The molecule has 0 bridgehead atoms. The Morgan fingerprint density at radius 2 is 1.80 bits per heavy atom. The van der Waals surface area contributed by atoms with E-state index in [4.69, 9.17) is 5.26 Å². The first-order chi connectivity index (χ1) is 14.5. The SMILES string of the molecule is Cc1cccc(NC(=O)c2nc(C(=O)Nc3ccc(C#N)cc3)n3c2CCCC3)c1. The third-order valence-electron chi connectivity index (χ3n) is 5.08. The van der Waals surface area contributed by atoms with Crippen LogP contribution < -0.4 is 10.6 Å². The number of benzene rings is 2. The fourth-order valence-corrected chi connectivity index (χ4v) is 3.63. The van der Waals surface area contributed by atoms with Gasteiger partial charge >= 0.3 is 0 Å². The molecule has 0 unspecified atom stereocenters. The van der Waals surface area contributed by atoms with Crippen LogP contribution in [0.3, 0.4) is 0 Å². The van der Waals surface area contributed by atoms with E-state index in [9.17, 15) is 9.59 Å². The van der Waals surface area contributed by atoms with E-state index < -0.39 is 0 Å². The van der Waals surface area contributed by atoms with Crippen molar-refractivity contribution in [2.45, 2.75) is 32.7 Å². The van der Waals surface area contributed by atoms with Crippen LogP contribution in [0.5, 0.6) is 0 Å². The maximum absolute atomic E-state index is 12.9. The number of nitrogens with zero attached hydrogens (tertiary/aromatic N) is 3. The van der Waals surface area contributed by atoms with Gasteiger partial charge in [0.2, 0.25) is 0 Å². The molecule has 0 saturated carbocycles. The van der Waals surface area contributed by atoms with Gasteiger partial charge < -0.3 is 15.2 Å². The summed E-state index contributed by atoms with van der Waals surface area (Å²) in [5.41, 5.74) is 3.90. The third-order valence-corrected chi connectivity index (χ3v) is 5.08. The van der Waals surface area contributed by atoms with Crippen LogP contribution in [-0.2, 0) is 13.0 Å². The first kappa shape index (κ1) is 19.4. The Balaban J connectivity index is 1.61. The quantitative estimate of drug-likeness (QED) is 0.695. The number of imidazole rings is 1. The molecule has 150 valence electrons. The van der Waals surface area contributed by atoms with E-state index in [0.29, 0.717) is 35.6 Å². The number of rotatable bonds is 4. The highest BCUT2D eigenvalue weighted by Crippen LogP contribution is 2.23. The molecule has 2 aromatic carbocycles. The molecule has 4 rings (SSSR count). The number of fused-ring (bicyclic) bond motifs is 1. The Labute approximate surface area is 174 Å². The number of carbonyl (C=O) groups is 2. The van der Waals surface area contributed by atoms with Crippen molar-refractivity contribution in [3.05, 3.63) is 76.9 Å². The van der Waals surface area contributed by atoms with Gasteiger partial charge in [0.15, 0.2) is 11.5 Å². The maximum Gasteiger partial charge on any atom is 0.291 e. The van der Waals surface area contributed by atoms with Crippen molar-refractivity contribution in [3.63, 3.8) is 0 Å². The molecule has 0 aliphatic carbocycles. The number of hydrogen-bond donors (Lipinski definition) is 2. The zero-order valence-electron chi connectivity index (χ0n) is 16.6. The van der Waals surface area contributed by atoms with Crippen LogP contribution in [0.25, 0.3) is 0 Å². The highest BCUT2D eigenvalue weighted by Gasteiger charge is 2.27. The Morgan fingerprint density at radius 1 is 1.03 bits per heavy atom.